The van der Waals surface area contributed by atoms with Gasteiger partial charge in [0.2, 0.25) is 0 Å². The Morgan fingerprint density at radius 2 is 2.00 bits per heavy atom. The lowest BCUT2D eigenvalue weighted by molar-refractivity contribution is 0.0641. The molecule has 0 spiro atoms. The Labute approximate surface area is 107 Å². The standard InChI is InChI=1S/C15H30N2/c1-11-9-12(11)10-17(5)13-7-6-8-15(2,3)14(13)16-4/h11-14,16H,6-10H2,1-5H3. The molecule has 0 aliphatic heterocycles. The quantitative estimate of drug-likeness (QED) is 0.810. The monoisotopic (exact) mass is 238 g/mol. The fraction of sp³-hybridized carbons (Fsp3) is 1.00. The van der Waals surface area contributed by atoms with Crippen LogP contribution in [-0.2, 0) is 0 Å². The summed E-state index contributed by atoms with van der Waals surface area (Å²) in [4.78, 5) is 2.64. The van der Waals surface area contributed by atoms with E-state index in [2.05, 4.69) is 45.1 Å². The molecule has 17 heavy (non-hydrogen) atoms. The summed E-state index contributed by atoms with van der Waals surface area (Å²) in [5.41, 5.74) is 0.446. The smallest absolute Gasteiger partial charge is 0.0271 e. The topological polar surface area (TPSA) is 15.3 Å². The van der Waals surface area contributed by atoms with Crippen molar-refractivity contribution in [2.45, 2.75) is 58.5 Å². The van der Waals surface area contributed by atoms with Gasteiger partial charge in [-0.05, 0) is 50.6 Å². The van der Waals surface area contributed by atoms with Gasteiger partial charge >= 0.3 is 0 Å². The Balaban J connectivity index is 1.97. The zero-order valence-corrected chi connectivity index (χ0v) is 12.3. The second-order valence-electron chi connectivity index (χ2n) is 7.13. The summed E-state index contributed by atoms with van der Waals surface area (Å²) in [6.45, 7) is 8.54. The summed E-state index contributed by atoms with van der Waals surface area (Å²) >= 11 is 0. The molecule has 2 nitrogen and oxygen atoms in total. The highest BCUT2D eigenvalue weighted by molar-refractivity contribution is 4.98. The van der Waals surface area contributed by atoms with E-state index in [1.807, 2.05) is 0 Å². The summed E-state index contributed by atoms with van der Waals surface area (Å²) in [7, 11) is 4.47. The highest BCUT2D eigenvalue weighted by Crippen LogP contribution is 2.41. The van der Waals surface area contributed by atoms with Crippen molar-refractivity contribution in [1.82, 2.24) is 10.2 Å². The van der Waals surface area contributed by atoms with E-state index in [0.717, 1.165) is 17.9 Å². The van der Waals surface area contributed by atoms with Gasteiger partial charge in [0, 0.05) is 18.6 Å². The molecule has 0 amide bonds. The average molecular weight is 238 g/mol. The Morgan fingerprint density at radius 1 is 1.35 bits per heavy atom. The van der Waals surface area contributed by atoms with E-state index < -0.39 is 0 Å². The van der Waals surface area contributed by atoms with Gasteiger partial charge in [0.1, 0.15) is 0 Å². The summed E-state index contributed by atoms with van der Waals surface area (Å²) < 4.78 is 0. The summed E-state index contributed by atoms with van der Waals surface area (Å²) in [5, 5.41) is 3.59. The third kappa shape index (κ3) is 2.85. The van der Waals surface area contributed by atoms with E-state index in [0.29, 0.717) is 11.5 Å². The van der Waals surface area contributed by atoms with Crippen LogP contribution in [0.1, 0.15) is 46.5 Å². The van der Waals surface area contributed by atoms with E-state index in [1.165, 1.54) is 32.2 Å². The van der Waals surface area contributed by atoms with E-state index >= 15 is 0 Å². The molecule has 0 bridgehead atoms. The molecule has 0 saturated heterocycles. The van der Waals surface area contributed by atoms with E-state index in [9.17, 15) is 0 Å². The maximum atomic E-state index is 3.59. The number of nitrogens with zero attached hydrogens (tertiary/aromatic N) is 1. The molecule has 0 aromatic heterocycles. The Bertz CT molecular complexity index is 262. The van der Waals surface area contributed by atoms with E-state index in [-0.39, 0.29) is 0 Å². The van der Waals surface area contributed by atoms with Crippen molar-refractivity contribution in [2.75, 3.05) is 20.6 Å². The second kappa shape index (κ2) is 4.89. The van der Waals surface area contributed by atoms with Gasteiger partial charge < -0.3 is 10.2 Å². The Kier molecular flexibility index (Phi) is 3.84. The first-order chi connectivity index (χ1) is 7.95. The van der Waals surface area contributed by atoms with E-state index in [1.54, 1.807) is 0 Å². The zero-order valence-electron chi connectivity index (χ0n) is 12.3. The molecule has 2 fully saturated rings. The van der Waals surface area contributed by atoms with Gasteiger partial charge in [0.15, 0.2) is 0 Å². The van der Waals surface area contributed by atoms with Gasteiger partial charge in [-0.1, -0.05) is 27.2 Å². The average Bonchev–Trinajstić information content (AvgIpc) is 2.92. The molecule has 2 heteroatoms. The van der Waals surface area contributed by atoms with Gasteiger partial charge in [-0.25, -0.2) is 0 Å². The number of likely N-dealkylation sites (N-methyl/N-ethyl adjacent to an activating group) is 2. The lowest BCUT2D eigenvalue weighted by Gasteiger charge is -2.47. The van der Waals surface area contributed by atoms with Crippen molar-refractivity contribution >= 4 is 0 Å². The normalized spacial score (nSPS) is 40.6. The lowest BCUT2D eigenvalue weighted by Crippen LogP contribution is -2.57. The minimum Gasteiger partial charge on any atom is -0.315 e. The maximum absolute atomic E-state index is 3.59. The molecule has 2 aliphatic carbocycles. The number of nitrogens with one attached hydrogen (secondary N) is 1. The second-order valence-corrected chi connectivity index (χ2v) is 7.13. The minimum atomic E-state index is 0.446. The van der Waals surface area contributed by atoms with Crippen LogP contribution in [0, 0.1) is 17.3 Å². The largest absolute Gasteiger partial charge is 0.315 e. The van der Waals surface area contributed by atoms with Crippen LogP contribution in [0.5, 0.6) is 0 Å². The molecule has 0 heterocycles. The fourth-order valence-electron chi connectivity index (χ4n) is 3.83. The third-order valence-electron chi connectivity index (χ3n) is 5.22. The SMILES string of the molecule is CNC1C(N(C)CC2CC2C)CCCC1(C)C. The van der Waals surface area contributed by atoms with Crippen LogP contribution in [0.25, 0.3) is 0 Å². The number of hydrogen-bond donors (Lipinski definition) is 1. The molecule has 2 aliphatic rings. The van der Waals surface area contributed by atoms with Crippen LogP contribution in [0.15, 0.2) is 0 Å². The molecule has 0 aromatic carbocycles. The molecular weight excluding hydrogens is 208 g/mol. The van der Waals surface area contributed by atoms with Crippen LogP contribution < -0.4 is 5.32 Å². The number of hydrogen-bond acceptors (Lipinski definition) is 2. The minimum absolute atomic E-state index is 0.446. The molecule has 4 unspecified atom stereocenters. The predicted molar refractivity (Wildman–Crippen MR) is 74.2 cm³/mol. The maximum Gasteiger partial charge on any atom is 0.0271 e. The van der Waals surface area contributed by atoms with Gasteiger partial charge in [-0.2, -0.15) is 0 Å². The molecule has 2 rings (SSSR count). The van der Waals surface area contributed by atoms with Gasteiger partial charge in [-0.15, -0.1) is 0 Å². The molecule has 100 valence electrons. The zero-order chi connectivity index (χ0) is 12.6. The van der Waals surface area contributed by atoms with E-state index in [4.69, 9.17) is 0 Å². The van der Waals surface area contributed by atoms with Crippen LogP contribution in [0.3, 0.4) is 0 Å². The highest BCUT2D eigenvalue weighted by atomic mass is 15.2. The fourth-order valence-corrected chi connectivity index (χ4v) is 3.83. The molecular formula is C15H30N2. The van der Waals surface area contributed by atoms with Crippen molar-refractivity contribution in [3.63, 3.8) is 0 Å². The van der Waals surface area contributed by atoms with Gasteiger partial charge in [0.05, 0.1) is 0 Å². The molecule has 4 atom stereocenters. The summed E-state index contributed by atoms with van der Waals surface area (Å²) in [6.07, 6.45) is 5.57. The molecule has 1 N–H and O–H groups in total. The number of rotatable bonds is 4. The van der Waals surface area contributed by atoms with Gasteiger partial charge in [-0.3, -0.25) is 0 Å². The third-order valence-corrected chi connectivity index (χ3v) is 5.22. The Hall–Kier alpha value is -0.0800. The van der Waals surface area contributed by atoms with Gasteiger partial charge in [0.25, 0.3) is 0 Å². The molecule has 0 aromatic rings. The van der Waals surface area contributed by atoms with Crippen molar-refractivity contribution in [2.24, 2.45) is 17.3 Å². The molecule has 0 radical (unpaired) electrons. The highest BCUT2D eigenvalue weighted by Gasteiger charge is 2.41. The first-order valence-corrected chi connectivity index (χ1v) is 7.33. The van der Waals surface area contributed by atoms with Crippen molar-refractivity contribution in [3.05, 3.63) is 0 Å². The first-order valence-electron chi connectivity index (χ1n) is 7.33. The lowest BCUT2D eigenvalue weighted by atomic mass is 9.70. The first kappa shape index (κ1) is 13.4. The Morgan fingerprint density at radius 3 is 2.53 bits per heavy atom. The van der Waals surface area contributed by atoms with Crippen molar-refractivity contribution in [3.8, 4) is 0 Å². The van der Waals surface area contributed by atoms with Crippen molar-refractivity contribution in [1.29, 1.82) is 0 Å². The molecule has 2 saturated carbocycles. The van der Waals surface area contributed by atoms with Crippen LogP contribution in [-0.4, -0.2) is 37.6 Å². The van der Waals surface area contributed by atoms with Crippen LogP contribution in [0.2, 0.25) is 0 Å². The summed E-state index contributed by atoms with van der Waals surface area (Å²) in [5.74, 6) is 1.95. The van der Waals surface area contributed by atoms with Crippen LogP contribution >= 0.6 is 0 Å². The van der Waals surface area contributed by atoms with Crippen molar-refractivity contribution < 1.29 is 0 Å². The predicted octanol–water partition coefficient (Wildman–Crippen LogP) is 2.74. The van der Waals surface area contributed by atoms with Crippen LogP contribution in [0.4, 0.5) is 0 Å². The summed E-state index contributed by atoms with van der Waals surface area (Å²) in [6, 6.07) is 1.38.